The fourth-order valence-electron chi connectivity index (χ4n) is 2.50. The fourth-order valence-corrected chi connectivity index (χ4v) is 3.37. The number of carbonyl (C=O) groups is 1. The molecule has 0 bridgehead atoms. The highest BCUT2D eigenvalue weighted by molar-refractivity contribution is 7.15. The largest absolute Gasteiger partial charge is 0.296 e. The van der Waals surface area contributed by atoms with Crippen LogP contribution in [-0.2, 0) is 6.42 Å². The van der Waals surface area contributed by atoms with E-state index < -0.39 is 0 Å². The predicted molar refractivity (Wildman–Crippen MR) is 97.6 cm³/mol. The second-order valence-corrected chi connectivity index (χ2v) is 6.90. The van der Waals surface area contributed by atoms with E-state index in [0.29, 0.717) is 16.6 Å². The van der Waals surface area contributed by atoms with Crippen molar-refractivity contribution in [3.8, 4) is 0 Å². The van der Waals surface area contributed by atoms with Crippen LogP contribution in [0.5, 0.6) is 0 Å². The molecule has 0 aliphatic heterocycles. The summed E-state index contributed by atoms with van der Waals surface area (Å²) >= 11 is 1.43. The van der Waals surface area contributed by atoms with Crippen LogP contribution in [-0.4, -0.2) is 16.1 Å². The maximum Gasteiger partial charge on any atom is 0.257 e. The maximum atomic E-state index is 12.2. The van der Waals surface area contributed by atoms with Gasteiger partial charge >= 0.3 is 0 Å². The number of amides is 1. The number of anilines is 1. The molecule has 0 saturated heterocycles. The van der Waals surface area contributed by atoms with Gasteiger partial charge in [0.05, 0.1) is 0 Å². The third-order valence-electron chi connectivity index (χ3n) is 3.82. The zero-order chi connectivity index (χ0) is 16.9. The summed E-state index contributed by atoms with van der Waals surface area (Å²) in [5.41, 5.74) is 2.96. The number of nitrogens with one attached hydrogen (secondary N) is 1. The van der Waals surface area contributed by atoms with Crippen molar-refractivity contribution in [1.29, 1.82) is 0 Å². The topological polar surface area (TPSA) is 54.9 Å². The van der Waals surface area contributed by atoms with Crippen molar-refractivity contribution in [2.75, 3.05) is 5.32 Å². The molecular formula is C19H19N3OS. The molecule has 5 heteroatoms. The van der Waals surface area contributed by atoms with Gasteiger partial charge in [-0.05, 0) is 30.5 Å². The Bertz CT molecular complexity index is 829. The Balaban J connectivity index is 1.64. The summed E-state index contributed by atoms with van der Waals surface area (Å²) in [6.07, 6.45) is 0.808. The third kappa shape index (κ3) is 4.06. The summed E-state index contributed by atoms with van der Waals surface area (Å²) in [6, 6.07) is 17.8. The average Bonchev–Trinajstić information content (AvgIpc) is 3.02. The van der Waals surface area contributed by atoms with Crippen LogP contribution in [0.2, 0.25) is 0 Å². The Kier molecular flexibility index (Phi) is 5.01. The van der Waals surface area contributed by atoms with E-state index >= 15 is 0 Å². The Hall–Kier alpha value is -2.53. The second kappa shape index (κ2) is 7.36. The van der Waals surface area contributed by atoms with Gasteiger partial charge in [-0.1, -0.05) is 66.3 Å². The minimum atomic E-state index is -0.155. The lowest BCUT2D eigenvalue weighted by molar-refractivity contribution is 0.102. The van der Waals surface area contributed by atoms with Crippen LogP contribution >= 0.6 is 11.3 Å². The first kappa shape index (κ1) is 16.3. The predicted octanol–water partition coefficient (Wildman–Crippen LogP) is 4.45. The normalized spacial score (nSPS) is 11.9. The lowest BCUT2D eigenvalue weighted by atomic mass is 9.98. The van der Waals surface area contributed by atoms with Crippen LogP contribution in [0.25, 0.3) is 0 Å². The van der Waals surface area contributed by atoms with Gasteiger partial charge in [0.15, 0.2) is 0 Å². The minimum absolute atomic E-state index is 0.155. The van der Waals surface area contributed by atoms with E-state index in [-0.39, 0.29) is 5.91 Å². The monoisotopic (exact) mass is 337 g/mol. The van der Waals surface area contributed by atoms with E-state index in [1.807, 2.05) is 43.3 Å². The highest BCUT2D eigenvalue weighted by Crippen LogP contribution is 2.24. The van der Waals surface area contributed by atoms with Crippen LogP contribution in [0.15, 0.2) is 54.6 Å². The number of nitrogens with zero attached hydrogens (tertiary/aromatic N) is 2. The van der Waals surface area contributed by atoms with Gasteiger partial charge < -0.3 is 0 Å². The molecular weight excluding hydrogens is 318 g/mol. The van der Waals surface area contributed by atoms with Gasteiger partial charge in [-0.3, -0.25) is 10.1 Å². The lowest BCUT2D eigenvalue weighted by Crippen LogP contribution is -2.11. The summed E-state index contributed by atoms with van der Waals surface area (Å²) in [4.78, 5) is 12.2. The van der Waals surface area contributed by atoms with Crippen LogP contribution in [0.1, 0.15) is 39.3 Å². The van der Waals surface area contributed by atoms with E-state index in [2.05, 4.69) is 34.6 Å². The first-order valence-electron chi connectivity index (χ1n) is 7.87. The molecule has 0 radical (unpaired) electrons. The Labute approximate surface area is 145 Å². The van der Waals surface area contributed by atoms with Crippen LogP contribution in [0, 0.1) is 6.92 Å². The molecule has 3 aromatic rings. The molecule has 122 valence electrons. The molecule has 24 heavy (non-hydrogen) atoms. The summed E-state index contributed by atoms with van der Waals surface area (Å²) in [5, 5.41) is 12.6. The van der Waals surface area contributed by atoms with Gasteiger partial charge in [0.2, 0.25) is 5.13 Å². The van der Waals surface area contributed by atoms with Crippen molar-refractivity contribution >= 4 is 22.4 Å². The standard InChI is InChI=1S/C19H19N3OS/c1-13-7-6-10-16(11-13)18(23)20-19-22-21-17(24-19)12-14(2)15-8-4-3-5-9-15/h3-11,14H,12H2,1-2H3,(H,20,22,23). The summed E-state index contributed by atoms with van der Waals surface area (Å²) in [6.45, 7) is 4.13. The zero-order valence-electron chi connectivity index (χ0n) is 13.7. The lowest BCUT2D eigenvalue weighted by Gasteiger charge is -2.08. The number of aryl methyl sites for hydroxylation is 1. The zero-order valence-corrected chi connectivity index (χ0v) is 14.5. The van der Waals surface area contributed by atoms with Crippen molar-refractivity contribution < 1.29 is 4.79 Å². The van der Waals surface area contributed by atoms with E-state index in [1.165, 1.54) is 16.9 Å². The van der Waals surface area contributed by atoms with Crippen molar-refractivity contribution in [2.45, 2.75) is 26.2 Å². The molecule has 1 heterocycles. The van der Waals surface area contributed by atoms with Gasteiger partial charge in [-0.25, -0.2) is 0 Å². The van der Waals surface area contributed by atoms with Gasteiger partial charge in [0.1, 0.15) is 5.01 Å². The third-order valence-corrected chi connectivity index (χ3v) is 4.68. The Morgan fingerprint density at radius 1 is 1.12 bits per heavy atom. The van der Waals surface area contributed by atoms with E-state index in [4.69, 9.17) is 0 Å². The van der Waals surface area contributed by atoms with Crippen molar-refractivity contribution in [3.05, 3.63) is 76.3 Å². The van der Waals surface area contributed by atoms with Crippen LogP contribution in [0.4, 0.5) is 5.13 Å². The number of rotatable bonds is 5. The number of benzene rings is 2. The number of hydrogen-bond donors (Lipinski definition) is 1. The molecule has 0 fully saturated rings. The minimum Gasteiger partial charge on any atom is -0.296 e. The van der Waals surface area contributed by atoms with Gasteiger partial charge in [-0.2, -0.15) is 0 Å². The molecule has 2 aromatic carbocycles. The maximum absolute atomic E-state index is 12.2. The number of aromatic nitrogens is 2. The van der Waals surface area contributed by atoms with Crippen molar-refractivity contribution in [1.82, 2.24) is 10.2 Å². The van der Waals surface area contributed by atoms with Gasteiger partial charge in [0, 0.05) is 12.0 Å². The van der Waals surface area contributed by atoms with E-state index in [0.717, 1.165) is 17.0 Å². The van der Waals surface area contributed by atoms with Crippen LogP contribution in [0.3, 0.4) is 0 Å². The summed E-state index contributed by atoms with van der Waals surface area (Å²) < 4.78 is 0. The quantitative estimate of drug-likeness (QED) is 0.748. The molecule has 1 N–H and O–H groups in total. The molecule has 4 nitrogen and oxygen atoms in total. The van der Waals surface area contributed by atoms with Crippen molar-refractivity contribution in [3.63, 3.8) is 0 Å². The highest BCUT2D eigenvalue weighted by atomic mass is 32.1. The Morgan fingerprint density at radius 2 is 1.92 bits per heavy atom. The molecule has 1 unspecified atom stereocenters. The average molecular weight is 337 g/mol. The smallest absolute Gasteiger partial charge is 0.257 e. The summed E-state index contributed by atoms with van der Waals surface area (Å²) in [5.74, 6) is 0.206. The molecule has 3 rings (SSSR count). The van der Waals surface area contributed by atoms with E-state index in [9.17, 15) is 4.79 Å². The summed E-state index contributed by atoms with van der Waals surface area (Å²) in [7, 11) is 0. The molecule has 1 aromatic heterocycles. The van der Waals surface area contributed by atoms with Crippen molar-refractivity contribution in [2.24, 2.45) is 0 Å². The first-order chi connectivity index (χ1) is 11.6. The van der Waals surface area contributed by atoms with Crippen LogP contribution < -0.4 is 5.32 Å². The molecule has 1 amide bonds. The SMILES string of the molecule is Cc1cccc(C(=O)Nc2nnc(CC(C)c3ccccc3)s2)c1. The number of hydrogen-bond acceptors (Lipinski definition) is 4. The Morgan fingerprint density at radius 3 is 2.67 bits per heavy atom. The van der Waals surface area contributed by atoms with E-state index in [1.54, 1.807) is 6.07 Å². The highest BCUT2D eigenvalue weighted by Gasteiger charge is 2.13. The van der Waals surface area contributed by atoms with Gasteiger partial charge in [0.25, 0.3) is 5.91 Å². The molecule has 1 atom stereocenters. The number of carbonyl (C=O) groups excluding carboxylic acids is 1. The fraction of sp³-hybridized carbons (Fsp3) is 0.211. The van der Waals surface area contributed by atoms with Gasteiger partial charge in [-0.15, -0.1) is 10.2 Å². The molecule has 0 aliphatic rings. The molecule has 0 aliphatic carbocycles. The first-order valence-corrected chi connectivity index (χ1v) is 8.69. The molecule has 0 saturated carbocycles. The molecule has 0 spiro atoms. The second-order valence-electron chi connectivity index (χ2n) is 5.84.